The van der Waals surface area contributed by atoms with Gasteiger partial charge in [-0.2, -0.15) is 0 Å². The first-order chi connectivity index (χ1) is 7.74. The van der Waals surface area contributed by atoms with Crippen molar-refractivity contribution in [3.05, 3.63) is 52.5 Å². The molecule has 1 nitrogen and oxygen atoms in total. The van der Waals surface area contributed by atoms with Crippen molar-refractivity contribution in [2.45, 2.75) is 6.92 Å². The smallest absolute Gasteiger partial charge is 0.0738 e. The topological polar surface area (TPSA) is 12.9 Å². The summed E-state index contributed by atoms with van der Waals surface area (Å²) in [6, 6.07) is 14.7. The number of hydrogen-bond donors (Lipinski definition) is 0. The molecular weight excluding hydrogens is 262 g/mol. The molecule has 0 unspecified atom stereocenters. The second-order valence-corrected chi connectivity index (χ2v) is 4.89. The predicted octanol–water partition coefficient (Wildman–Crippen LogP) is 4.46. The predicted molar refractivity (Wildman–Crippen MR) is 71.7 cm³/mol. The number of halogens is 1. The molecular formula is C14H10BrN. The Balaban J connectivity index is 2.49. The minimum atomic E-state index is 1.04. The first-order valence-electron chi connectivity index (χ1n) is 5.20. The number of nitrogens with zero attached hydrogens (tertiary/aromatic N) is 1. The van der Waals surface area contributed by atoms with Gasteiger partial charge in [-0.25, -0.2) is 4.98 Å². The summed E-state index contributed by atoms with van der Waals surface area (Å²) in [5, 5.41) is 2.39. The molecule has 2 aromatic carbocycles. The number of rotatable bonds is 0. The highest BCUT2D eigenvalue weighted by Crippen LogP contribution is 2.24. The molecule has 0 N–H and O–H groups in total. The van der Waals surface area contributed by atoms with Gasteiger partial charge in [0.05, 0.1) is 11.0 Å². The Labute approximate surface area is 102 Å². The molecule has 0 aliphatic rings. The van der Waals surface area contributed by atoms with Crippen LogP contribution in [0.15, 0.2) is 46.9 Å². The summed E-state index contributed by atoms with van der Waals surface area (Å²) in [5.74, 6) is 0. The standard InChI is InChI=1S/C14H10BrN/c1-9-3-2-4-11-7-10-5-6-12(15)8-13(10)16-14(9)11/h2-8H,1H3. The van der Waals surface area contributed by atoms with E-state index in [0.717, 1.165) is 15.5 Å². The third-order valence-corrected chi connectivity index (χ3v) is 3.30. The molecule has 0 saturated carbocycles. The van der Waals surface area contributed by atoms with E-state index in [9.17, 15) is 0 Å². The monoisotopic (exact) mass is 271 g/mol. The molecule has 0 amide bonds. The molecule has 16 heavy (non-hydrogen) atoms. The molecule has 0 spiro atoms. The summed E-state index contributed by atoms with van der Waals surface area (Å²) in [6.45, 7) is 2.10. The number of aromatic nitrogens is 1. The molecule has 1 heterocycles. The van der Waals surface area contributed by atoms with Gasteiger partial charge in [0.15, 0.2) is 0 Å². The van der Waals surface area contributed by atoms with Crippen LogP contribution in [0.3, 0.4) is 0 Å². The van der Waals surface area contributed by atoms with Crippen molar-refractivity contribution in [3.63, 3.8) is 0 Å². The van der Waals surface area contributed by atoms with E-state index in [1.54, 1.807) is 0 Å². The van der Waals surface area contributed by atoms with Crippen molar-refractivity contribution in [1.82, 2.24) is 4.98 Å². The van der Waals surface area contributed by atoms with Crippen LogP contribution < -0.4 is 0 Å². The maximum absolute atomic E-state index is 4.71. The number of para-hydroxylation sites is 1. The third kappa shape index (κ3) is 1.50. The van der Waals surface area contributed by atoms with E-state index in [-0.39, 0.29) is 0 Å². The summed E-state index contributed by atoms with van der Waals surface area (Å²) in [5.41, 5.74) is 3.35. The molecule has 0 aliphatic heterocycles. The molecule has 0 atom stereocenters. The van der Waals surface area contributed by atoms with Crippen LogP contribution >= 0.6 is 15.9 Å². The molecule has 3 aromatic rings. The van der Waals surface area contributed by atoms with Crippen LogP contribution in [0.4, 0.5) is 0 Å². The Bertz CT molecular complexity index is 689. The summed E-state index contributed by atoms with van der Waals surface area (Å²) < 4.78 is 1.07. The minimum absolute atomic E-state index is 1.04. The average Bonchev–Trinajstić information content (AvgIpc) is 2.28. The Kier molecular flexibility index (Phi) is 2.18. The fourth-order valence-electron chi connectivity index (χ4n) is 1.97. The molecule has 2 heteroatoms. The zero-order chi connectivity index (χ0) is 11.1. The lowest BCUT2D eigenvalue weighted by molar-refractivity contribution is 1.42. The maximum Gasteiger partial charge on any atom is 0.0738 e. The molecule has 78 valence electrons. The van der Waals surface area contributed by atoms with E-state index in [4.69, 9.17) is 4.98 Å². The van der Waals surface area contributed by atoms with Crippen molar-refractivity contribution in [2.24, 2.45) is 0 Å². The van der Waals surface area contributed by atoms with E-state index in [1.165, 1.54) is 16.3 Å². The summed E-state index contributed by atoms with van der Waals surface area (Å²) >= 11 is 3.47. The van der Waals surface area contributed by atoms with Crippen molar-refractivity contribution < 1.29 is 0 Å². The second kappa shape index (κ2) is 3.56. The van der Waals surface area contributed by atoms with Crippen molar-refractivity contribution in [2.75, 3.05) is 0 Å². The fourth-order valence-corrected chi connectivity index (χ4v) is 2.32. The first-order valence-corrected chi connectivity index (χ1v) is 5.99. The molecule has 1 aromatic heterocycles. The Morgan fingerprint density at radius 3 is 2.75 bits per heavy atom. The lowest BCUT2D eigenvalue weighted by atomic mass is 10.1. The zero-order valence-electron chi connectivity index (χ0n) is 8.87. The van der Waals surface area contributed by atoms with Crippen LogP contribution in [0, 0.1) is 6.92 Å². The summed E-state index contributed by atoms with van der Waals surface area (Å²) in [6.07, 6.45) is 0. The Morgan fingerprint density at radius 1 is 1.00 bits per heavy atom. The Morgan fingerprint density at radius 2 is 1.88 bits per heavy atom. The summed E-state index contributed by atoms with van der Waals surface area (Å²) in [4.78, 5) is 4.71. The van der Waals surface area contributed by atoms with Crippen LogP contribution in [0.2, 0.25) is 0 Å². The van der Waals surface area contributed by atoms with Gasteiger partial charge in [-0.05, 0) is 30.7 Å². The van der Waals surface area contributed by atoms with Crippen molar-refractivity contribution in [1.29, 1.82) is 0 Å². The molecule has 0 saturated heterocycles. The maximum atomic E-state index is 4.71. The number of fused-ring (bicyclic) bond motifs is 2. The normalized spacial score (nSPS) is 11.1. The molecule has 0 bridgehead atoms. The number of pyridine rings is 1. The van der Waals surface area contributed by atoms with Gasteiger partial charge < -0.3 is 0 Å². The number of hydrogen-bond acceptors (Lipinski definition) is 1. The van der Waals surface area contributed by atoms with Gasteiger partial charge in [-0.3, -0.25) is 0 Å². The van der Waals surface area contributed by atoms with Crippen LogP contribution in [0.25, 0.3) is 21.8 Å². The van der Waals surface area contributed by atoms with Crippen LogP contribution in [-0.2, 0) is 0 Å². The summed E-state index contributed by atoms with van der Waals surface area (Å²) in [7, 11) is 0. The fraction of sp³-hybridized carbons (Fsp3) is 0.0714. The highest BCUT2D eigenvalue weighted by Gasteiger charge is 2.02. The SMILES string of the molecule is Cc1cccc2cc3ccc(Br)cc3nc12. The minimum Gasteiger partial charge on any atom is -0.247 e. The average molecular weight is 272 g/mol. The van der Waals surface area contributed by atoms with E-state index in [1.807, 2.05) is 6.07 Å². The quantitative estimate of drug-likeness (QED) is 0.550. The van der Waals surface area contributed by atoms with Gasteiger partial charge in [0, 0.05) is 15.2 Å². The second-order valence-electron chi connectivity index (χ2n) is 3.97. The van der Waals surface area contributed by atoms with Gasteiger partial charge in [0.2, 0.25) is 0 Å². The molecule has 3 rings (SSSR count). The van der Waals surface area contributed by atoms with Crippen molar-refractivity contribution >= 4 is 37.7 Å². The Hall–Kier alpha value is -1.41. The van der Waals surface area contributed by atoms with Crippen LogP contribution in [0.1, 0.15) is 5.56 Å². The van der Waals surface area contributed by atoms with Crippen molar-refractivity contribution in [3.8, 4) is 0 Å². The zero-order valence-corrected chi connectivity index (χ0v) is 10.5. The van der Waals surface area contributed by atoms with Gasteiger partial charge in [0.1, 0.15) is 0 Å². The first kappa shape index (κ1) is 9.79. The highest BCUT2D eigenvalue weighted by molar-refractivity contribution is 9.10. The van der Waals surface area contributed by atoms with Crippen LogP contribution in [0.5, 0.6) is 0 Å². The third-order valence-electron chi connectivity index (χ3n) is 2.80. The van der Waals surface area contributed by atoms with Gasteiger partial charge in [-0.15, -0.1) is 0 Å². The molecule has 0 aliphatic carbocycles. The van der Waals surface area contributed by atoms with E-state index >= 15 is 0 Å². The van der Waals surface area contributed by atoms with E-state index in [0.29, 0.717) is 0 Å². The number of benzene rings is 2. The van der Waals surface area contributed by atoms with Gasteiger partial charge in [-0.1, -0.05) is 40.2 Å². The van der Waals surface area contributed by atoms with Crippen LogP contribution in [-0.4, -0.2) is 4.98 Å². The lowest BCUT2D eigenvalue weighted by Crippen LogP contribution is -1.85. The lowest BCUT2D eigenvalue weighted by Gasteiger charge is -2.04. The molecule has 0 radical (unpaired) electrons. The molecule has 0 fully saturated rings. The van der Waals surface area contributed by atoms with Gasteiger partial charge >= 0.3 is 0 Å². The van der Waals surface area contributed by atoms with E-state index in [2.05, 4.69) is 59.3 Å². The van der Waals surface area contributed by atoms with E-state index < -0.39 is 0 Å². The number of aryl methyl sites for hydroxylation is 1. The largest absolute Gasteiger partial charge is 0.247 e. The van der Waals surface area contributed by atoms with Gasteiger partial charge in [0.25, 0.3) is 0 Å². The highest BCUT2D eigenvalue weighted by atomic mass is 79.9.